The van der Waals surface area contributed by atoms with Gasteiger partial charge in [0.1, 0.15) is 0 Å². The average molecular weight is 197 g/mol. The maximum absolute atomic E-state index is 5.67. The monoisotopic (exact) mass is 197 g/mol. The molecule has 2 aliphatic heterocycles. The lowest BCUT2D eigenvalue weighted by Crippen LogP contribution is -2.61. The van der Waals surface area contributed by atoms with Crippen molar-refractivity contribution in [2.75, 3.05) is 33.2 Å². The zero-order valence-corrected chi connectivity index (χ0v) is 9.28. The van der Waals surface area contributed by atoms with Crippen LogP contribution < -0.4 is 5.73 Å². The molecule has 2 N–H and O–H groups in total. The van der Waals surface area contributed by atoms with Gasteiger partial charge in [-0.3, -0.25) is 4.90 Å². The van der Waals surface area contributed by atoms with Crippen molar-refractivity contribution in [2.45, 2.75) is 37.8 Å². The van der Waals surface area contributed by atoms with Crippen molar-refractivity contribution in [1.82, 2.24) is 9.80 Å². The summed E-state index contributed by atoms with van der Waals surface area (Å²) >= 11 is 0. The normalized spacial score (nSPS) is 31.7. The van der Waals surface area contributed by atoms with Crippen molar-refractivity contribution in [3.05, 3.63) is 0 Å². The number of piperidine rings is 1. The second-order valence-electron chi connectivity index (χ2n) is 4.84. The van der Waals surface area contributed by atoms with E-state index in [0.717, 1.165) is 18.6 Å². The van der Waals surface area contributed by atoms with Crippen LogP contribution in [0.25, 0.3) is 0 Å². The second kappa shape index (κ2) is 4.60. The van der Waals surface area contributed by atoms with E-state index in [9.17, 15) is 0 Å². The standard InChI is InChI=1S/C11H23N3/c1-13-8-11(9-13)14-7-3-2-4-10(14)5-6-12/h10-11H,2-9,12H2,1H3. The minimum absolute atomic E-state index is 0.785. The van der Waals surface area contributed by atoms with Gasteiger partial charge >= 0.3 is 0 Å². The predicted molar refractivity (Wildman–Crippen MR) is 59.3 cm³/mol. The summed E-state index contributed by atoms with van der Waals surface area (Å²) in [4.78, 5) is 5.12. The molecule has 3 heteroatoms. The first-order valence-corrected chi connectivity index (χ1v) is 5.95. The number of hydrogen-bond donors (Lipinski definition) is 1. The van der Waals surface area contributed by atoms with Crippen molar-refractivity contribution >= 4 is 0 Å². The molecule has 2 fully saturated rings. The Labute approximate surface area is 87.2 Å². The van der Waals surface area contributed by atoms with Crippen LogP contribution >= 0.6 is 0 Å². The van der Waals surface area contributed by atoms with Crippen molar-refractivity contribution in [3.8, 4) is 0 Å². The lowest BCUT2D eigenvalue weighted by Gasteiger charge is -2.49. The maximum atomic E-state index is 5.67. The molecule has 0 aromatic heterocycles. The molecule has 1 unspecified atom stereocenters. The zero-order chi connectivity index (χ0) is 9.97. The summed E-state index contributed by atoms with van der Waals surface area (Å²) in [6.45, 7) is 4.69. The van der Waals surface area contributed by atoms with E-state index in [4.69, 9.17) is 5.73 Å². The van der Waals surface area contributed by atoms with Crippen LogP contribution in [0.4, 0.5) is 0 Å². The molecule has 0 radical (unpaired) electrons. The summed E-state index contributed by atoms with van der Waals surface area (Å²) in [6, 6.07) is 1.62. The molecule has 0 aromatic carbocycles. The molecule has 0 saturated carbocycles. The number of likely N-dealkylation sites (tertiary alicyclic amines) is 2. The van der Waals surface area contributed by atoms with Gasteiger partial charge in [0.25, 0.3) is 0 Å². The first kappa shape index (κ1) is 10.4. The van der Waals surface area contributed by atoms with Crippen LogP contribution in [0.2, 0.25) is 0 Å². The van der Waals surface area contributed by atoms with Gasteiger partial charge in [-0.15, -0.1) is 0 Å². The zero-order valence-electron chi connectivity index (χ0n) is 9.28. The molecule has 2 heterocycles. The molecule has 0 amide bonds. The highest BCUT2D eigenvalue weighted by Gasteiger charge is 2.34. The Hall–Kier alpha value is -0.120. The first-order chi connectivity index (χ1) is 6.81. The summed E-state index contributed by atoms with van der Waals surface area (Å²) in [6.07, 6.45) is 5.36. The Morgan fingerprint density at radius 1 is 1.29 bits per heavy atom. The average Bonchev–Trinajstić information content (AvgIpc) is 2.15. The van der Waals surface area contributed by atoms with Crippen LogP contribution in [0.15, 0.2) is 0 Å². The van der Waals surface area contributed by atoms with Gasteiger partial charge in [-0.05, 0) is 39.4 Å². The van der Waals surface area contributed by atoms with E-state index < -0.39 is 0 Å². The quantitative estimate of drug-likeness (QED) is 0.715. The molecule has 0 aliphatic carbocycles. The number of nitrogens with two attached hydrogens (primary N) is 1. The van der Waals surface area contributed by atoms with Gasteiger partial charge < -0.3 is 10.6 Å². The van der Waals surface area contributed by atoms with Gasteiger partial charge in [-0.25, -0.2) is 0 Å². The van der Waals surface area contributed by atoms with Gasteiger partial charge in [-0.1, -0.05) is 6.42 Å². The van der Waals surface area contributed by atoms with Crippen LogP contribution in [-0.2, 0) is 0 Å². The fourth-order valence-electron chi connectivity index (χ4n) is 2.88. The fourth-order valence-corrected chi connectivity index (χ4v) is 2.88. The van der Waals surface area contributed by atoms with E-state index in [0.29, 0.717) is 0 Å². The Morgan fingerprint density at radius 3 is 2.71 bits per heavy atom. The third kappa shape index (κ3) is 2.10. The molecular weight excluding hydrogens is 174 g/mol. The van der Waals surface area contributed by atoms with Gasteiger partial charge in [0.05, 0.1) is 0 Å². The van der Waals surface area contributed by atoms with Gasteiger partial charge in [0, 0.05) is 25.2 Å². The van der Waals surface area contributed by atoms with Gasteiger partial charge in [-0.2, -0.15) is 0 Å². The van der Waals surface area contributed by atoms with Crippen LogP contribution in [0, 0.1) is 0 Å². The molecular formula is C11H23N3. The summed E-state index contributed by atoms with van der Waals surface area (Å²) in [5.41, 5.74) is 5.67. The summed E-state index contributed by atoms with van der Waals surface area (Å²) in [5.74, 6) is 0. The number of rotatable bonds is 3. The van der Waals surface area contributed by atoms with E-state index >= 15 is 0 Å². The topological polar surface area (TPSA) is 32.5 Å². The van der Waals surface area contributed by atoms with Crippen LogP contribution in [-0.4, -0.2) is 55.1 Å². The molecule has 82 valence electrons. The van der Waals surface area contributed by atoms with Crippen molar-refractivity contribution < 1.29 is 0 Å². The Kier molecular flexibility index (Phi) is 3.42. The Balaban J connectivity index is 1.86. The number of hydrogen-bond acceptors (Lipinski definition) is 3. The summed E-state index contributed by atoms with van der Waals surface area (Å²) in [5, 5.41) is 0. The molecule has 0 bridgehead atoms. The Bertz CT molecular complexity index is 175. The lowest BCUT2D eigenvalue weighted by atomic mass is 9.95. The van der Waals surface area contributed by atoms with E-state index in [1.54, 1.807) is 0 Å². The molecule has 14 heavy (non-hydrogen) atoms. The van der Waals surface area contributed by atoms with E-state index in [1.165, 1.54) is 45.3 Å². The largest absolute Gasteiger partial charge is 0.330 e. The highest BCUT2D eigenvalue weighted by molar-refractivity contribution is 4.91. The van der Waals surface area contributed by atoms with Crippen molar-refractivity contribution in [2.24, 2.45) is 5.73 Å². The summed E-state index contributed by atoms with van der Waals surface area (Å²) in [7, 11) is 2.21. The molecule has 2 aliphatic rings. The van der Waals surface area contributed by atoms with Gasteiger partial charge in [0.15, 0.2) is 0 Å². The maximum Gasteiger partial charge on any atom is 0.0353 e. The number of likely N-dealkylation sites (N-methyl/N-ethyl adjacent to an activating group) is 1. The predicted octanol–water partition coefficient (Wildman–Crippen LogP) is 0.504. The molecule has 3 nitrogen and oxygen atoms in total. The molecule has 2 rings (SSSR count). The van der Waals surface area contributed by atoms with Crippen LogP contribution in [0.5, 0.6) is 0 Å². The highest BCUT2D eigenvalue weighted by Crippen LogP contribution is 2.25. The number of nitrogens with zero attached hydrogens (tertiary/aromatic N) is 2. The SMILES string of the molecule is CN1CC(N2CCCCC2CCN)C1. The molecule has 0 aromatic rings. The molecule has 1 atom stereocenters. The van der Waals surface area contributed by atoms with Crippen molar-refractivity contribution in [1.29, 1.82) is 0 Å². The van der Waals surface area contributed by atoms with Gasteiger partial charge in [0.2, 0.25) is 0 Å². The minimum Gasteiger partial charge on any atom is -0.330 e. The van der Waals surface area contributed by atoms with E-state index in [-0.39, 0.29) is 0 Å². The van der Waals surface area contributed by atoms with Crippen LogP contribution in [0.3, 0.4) is 0 Å². The second-order valence-corrected chi connectivity index (χ2v) is 4.84. The Morgan fingerprint density at radius 2 is 2.07 bits per heavy atom. The van der Waals surface area contributed by atoms with E-state index in [1.807, 2.05) is 0 Å². The third-order valence-corrected chi connectivity index (χ3v) is 3.69. The van der Waals surface area contributed by atoms with E-state index in [2.05, 4.69) is 16.8 Å². The summed E-state index contributed by atoms with van der Waals surface area (Å²) < 4.78 is 0. The van der Waals surface area contributed by atoms with Crippen LogP contribution in [0.1, 0.15) is 25.7 Å². The highest BCUT2D eigenvalue weighted by atomic mass is 15.3. The molecule has 0 spiro atoms. The smallest absolute Gasteiger partial charge is 0.0353 e. The first-order valence-electron chi connectivity index (χ1n) is 5.95. The van der Waals surface area contributed by atoms with Crippen molar-refractivity contribution in [3.63, 3.8) is 0 Å². The third-order valence-electron chi connectivity index (χ3n) is 3.69. The fraction of sp³-hybridized carbons (Fsp3) is 1.00. The minimum atomic E-state index is 0.785. The molecule has 2 saturated heterocycles. The lowest BCUT2D eigenvalue weighted by molar-refractivity contribution is 0.00347.